The van der Waals surface area contributed by atoms with Crippen LogP contribution in [0.15, 0.2) is 30.3 Å². The maximum Gasteiger partial charge on any atom is 0.433 e. The largest absolute Gasteiger partial charge is 0.496 e. The van der Waals surface area contributed by atoms with Crippen LogP contribution in [0, 0.1) is 5.92 Å². The summed E-state index contributed by atoms with van der Waals surface area (Å²) < 4.78 is 54.1. The highest BCUT2D eigenvalue weighted by Crippen LogP contribution is 2.33. The molecule has 2 aromatic heterocycles. The van der Waals surface area contributed by atoms with Gasteiger partial charge in [0.1, 0.15) is 11.6 Å². The topological polar surface area (TPSA) is 78.7 Å². The molecule has 1 atom stereocenters. The molecule has 246 valence electrons. The lowest BCUT2D eigenvalue weighted by Gasteiger charge is -2.36. The number of rotatable bonds is 7. The van der Waals surface area contributed by atoms with Crippen LogP contribution < -0.4 is 14.5 Å². The zero-order valence-electron chi connectivity index (χ0n) is 27.0. The number of piperidine rings is 1. The zero-order chi connectivity index (χ0) is 32.5. The Labute approximate surface area is 262 Å². The van der Waals surface area contributed by atoms with Crippen LogP contribution >= 0.6 is 0 Å². The van der Waals surface area contributed by atoms with E-state index in [9.17, 15) is 18.0 Å². The van der Waals surface area contributed by atoms with Gasteiger partial charge in [-0.25, -0.2) is 9.78 Å². The van der Waals surface area contributed by atoms with Crippen molar-refractivity contribution in [3.63, 3.8) is 0 Å². The van der Waals surface area contributed by atoms with Crippen LogP contribution in [-0.4, -0.2) is 97.6 Å². The molecule has 1 aromatic carbocycles. The molecule has 13 heteroatoms. The van der Waals surface area contributed by atoms with E-state index >= 15 is 0 Å². The number of alkyl halides is 3. The number of halogens is 3. The number of methoxy groups -OCH3 is 1. The van der Waals surface area contributed by atoms with Gasteiger partial charge in [0.25, 0.3) is 0 Å². The quantitative estimate of drug-likeness (QED) is 0.348. The molecule has 0 N–H and O–H groups in total. The normalized spacial score (nSPS) is 18.4. The smallest absolute Gasteiger partial charge is 0.433 e. The Hall–Kier alpha value is -3.74. The molecule has 2 aliphatic rings. The molecule has 0 bridgehead atoms. The van der Waals surface area contributed by atoms with Gasteiger partial charge in [-0.2, -0.15) is 22.8 Å². The Balaban J connectivity index is 1.17. The third-order valence-electron chi connectivity index (χ3n) is 8.56. The first-order valence-electron chi connectivity index (χ1n) is 15.4. The van der Waals surface area contributed by atoms with Crippen molar-refractivity contribution in [2.24, 2.45) is 5.92 Å². The van der Waals surface area contributed by atoms with Gasteiger partial charge in [0.15, 0.2) is 11.3 Å². The highest BCUT2D eigenvalue weighted by Gasteiger charge is 2.36. The lowest BCUT2D eigenvalue weighted by atomic mass is 9.93. The van der Waals surface area contributed by atoms with Gasteiger partial charge in [-0.1, -0.05) is 26.8 Å². The summed E-state index contributed by atoms with van der Waals surface area (Å²) in [5.41, 5.74) is 1.69. The Bertz CT molecular complexity index is 1490. The van der Waals surface area contributed by atoms with Crippen LogP contribution in [0.4, 0.5) is 29.5 Å². The Morgan fingerprint density at radius 2 is 1.76 bits per heavy atom. The average Bonchev–Trinajstić information content (AvgIpc) is 3.45. The predicted molar refractivity (Wildman–Crippen MR) is 167 cm³/mol. The number of ether oxygens (including phenoxy) is 2. The van der Waals surface area contributed by atoms with Gasteiger partial charge < -0.3 is 24.2 Å². The summed E-state index contributed by atoms with van der Waals surface area (Å²) >= 11 is 0. The Kier molecular flexibility index (Phi) is 9.39. The second-order valence-electron chi connectivity index (χ2n) is 13.2. The van der Waals surface area contributed by atoms with E-state index in [1.54, 1.807) is 18.1 Å². The standard InChI is InChI=1S/C32H44F3N7O3/c1-31(2,3)26-17-28-36-27(32(33,34)35)18-29(42(28)37-26)40-12-14-41(15-13-40)30(43)45-21-22-8-7-11-39(19-22)20-23-9-10-24(38(4)5)16-25(23)44-6/h9-10,16-18,22H,7-8,11-15,19-21H2,1-6H3. The monoisotopic (exact) mass is 631 g/mol. The van der Waals surface area contributed by atoms with Crippen LogP contribution in [0.2, 0.25) is 0 Å². The number of piperazine rings is 1. The molecule has 1 unspecified atom stereocenters. The summed E-state index contributed by atoms with van der Waals surface area (Å²) in [5.74, 6) is 1.39. The molecule has 1 amide bonds. The van der Waals surface area contributed by atoms with Crippen molar-refractivity contribution in [2.45, 2.75) is 51.7 Å². The molecule has 2 saturated heterocycles. The van der Waals surface area contributed by atoms with Crippen molar-refractivity contribution < 1.29 is 27.4 Å². The lowest BCUT2D eigenvalue weighted by molar-refractivity contribution is -0.141. The molecule has 0 radical (unpaired) electrons. The first-order valence-corrected chi connectivity index (χ1v) is 15.4. The molecule has 4 heterocycles. The van der Waals surface area contributed by atoms with Crippen molar-refractivity contribution in [1.29, 1.82) is 0 Å². The molecule has 10 nitrogen and oxygen atoms in total. The van der Waals surface area contributed by atoms with Crippen molar-refractivity contribution in [3.05, 3.63) is 47.3 Å². The zero-order valence-corrected chi connectivity index (χ0v) is 27.0. The molecular weight excluding hydrogens is 587 g/mol. The summed E-state index contributed by atoms with van der Waals surface area (Å²) in [7, 11) is 5.69. The Morgan fingerprint density at radius 3 is 2.40 bits per heavy atom. The first kappa shape index (κ1) is 32.6. The SMILES string of the molecule is COc1cc(N(C)C)ccc1CN1CCCC(COC(=O)N2CCN(c3cc(C(F)(F)F)nc4cc(C(C)(C)C)nn34)CC2)C1. The lowest BCUT2D eigenvalue weighted by Crippen LogP contribution is -2.50. The summed E-state index contributed by atoms with van der Waals surface area (Å²) in [6.45, 7) is 10.1. The highest BCUT2D eigenvalue weighted by molar-refractivity contribution is 5.68. The molecule has 3 aromatic rings. The van der Waals surface area contributed by atoms with E-state index in [1.165, 1.54) is 4.52 Å². The number of aromatic nitrogens is 3. The van der Waals surface area contributed by atoms with E-state index in [0.29, 0.717) is 44.3 Å². The molecule has 2 fully saturated rings. The van der Waals surface area contributed by atoms with E-state index in [-0.39, 0.29) is 17.0 Å². The number of fused-ring (bicyclic) bond motifs is 1. The van der Waals surface area contributed by atoms with Crippen LogP contribution in [0.5, 0.6) is 5.75 Å². The van der Waals surface area contributed by atoms with Gasteiger partial charge in [0.05, 0.1) is 19.4 Å². The minimum Gasteiger partial charge on any atom is -0.496 e. The molecule has 45 heavy (non-hydrogen) atoms. The Morgan fingerprint density at radius 1 is 1.02 bits per heavy atom. The minimum absolute atomic E-state index is 0.150. The number of hydrogen-bond acceptors (Lipinski definition) is 8. The van der Waals surface area contributed by atoms with Gasteiger partial charge in [0.2, 0.25) is 0 Å². The van der Waals surface area contributed by atoms with Crippen molar-refractivity contribution in [1.82, 2.24) is 24.4 Å². The predicted octanol–water partition coefficient (Wildman–Crippen LogP) is 5.29. The molecule has 5 rings (SSSR count). The maximum absolute atomic E-state index is 13.7. The number of carbonyl (C=O) groups is 1. The average molecular weight is 632 g/mol. The molecule has 2 aliphatic heterocycles. The van der Waals surface area contributed by atoms with Crippen LogP contribution in [0.25, 0.3) is 5.65 Å². The second-order valence-corrected chi connectivity index (χ2v) is 13.2. The summed E-state index contributed by atoms with van der Waals surface area (Å²) in [6.07, 6.45) is -2.98. The van der Waals surface area contributed by atoms with E-state index in [2.05, 4.69) is 27.1 Å². The fourth-order valence-corrected chi connectivity index (χ4v) is 5.91. The fourth-order valence-electron chi connectivity index (χ4n) is 5.91. The number of benzene rings is 1. The maximum atomic E-state index is 13.7. The first-order chi connectivity index (χ1) is 21.2. The number of nitrogens with zero attached hydrogens (tertiary/aromatic N) is 7. The van der Waals surface area contributed by atoms with Gasteiger partial charge >= 0.3 is 12.3 Å². The number of amides is 1. The minimum atomic E-state index is -4.59. The van der Waals surface area contributed by atoms with Gasteiger partial charge in [-0.3, -0.25) is 4.90 Å². The van der Waals surface area contributed by atoms with Crippen molar-refractivity contribution in [2.75, 3.05) is 76.9 Å². The number of hydrogen-bond donors (Lipinski definition) is 0. The van der Waals surface area contributed by atoms with Gasteiger partial charge in [-0.15, -0.1) is 0 Å². The van der Waals surface area contributed by atoms with Crippen molar-refractivity contribution >= 4 is 23.2 Å². The summed E-state index contributed by atoms with van der Waals surface area (Å²) in [4.78, 5) is 24.7. The van der Waals surface area contributed by atoms with E-state index < -0.39 is 18.0 Å². The summed E-state index contributed by atoms with van der Waals surface area (Å²) in [5, 5.41) is 4.60. The van der Waals surface area contributed by atoms with Gasteiger partial charge in [0, 0.05) is 94.1 Å². The van der Waals surface area contributed by atoms with Crippen molar-refractivity contribution in [3.8, 4) is 5.75 Å². The molecule has 0 saturated carbocycles. The highest BCUT2D eigenvalue weighted by atomic mass is 19.4. The van der Waals surface area contributed by atoms with Crippen LogP contribution in [0.1, 0.15) is 50.6 Å². The molecule has 0 aliphatic carbocycles. The van der Waals surface area contributed by atoms with E-state index in [4.69, 9.17) is 9.47 Å². The van der Waals surface area contributed by atoms with Crippen LogP contribution in [-0.2, 0) is 22.9 Å². The van der Waals surface area contributed by atoms with Gasteiger partial charge in [-0.05, 0) is 25.5 Å². The molecular formula is C32H44F3N7O3. The second kappa shape index (κ2) is 12.9. The number of anilines is 2. The van der Waals surface area contributed by atoms with E-state index in [1.807, 2.05) is 50.7 Å². The third-order valence-corrected chi connectivity index (χ3v) is 8.56. The van der Waals surface area contributed by atoms with Crippen LogP contribution in [0.3, 0.4) is 0 Å². The van der Waals surface area contributed by atoms with E-state index in [0.717, 1.165) is 55.5 Å². The third kappa shape index (κ3) is 7.57. The fraction of sp³-hybridized carbons (Fsp3) is 0.594. The number of carbonyl (C=O) groups excluding carboxylic acids is 1. The molecule has 0 spiro atoms. The number of likely N-dealkylation sites (tertiary alicyclic amines) is 1. The summed E-state index contributed by atoms with van der Waals surface area (Å²) in [6, 6.07) is 8.89.